The monoisotopic (exact) mass is 318 g/mol. The summed E-state index contributed by atoms with van der Waals surface area (Å²) in [6.45, 7) is 5.10. The van der Waals surface area contributed by atoms with Crippen LogP contribution in [0.1, 0.15) is 25.8 Å². The van der Waals surface area contributed by atoms with Crippen molar-refractivity contribution < 1.29 is 4.74 Å². The molecule has 1 N–H and O–H groups in total. The van der Waals surface area contributed by atoms with E-state index in [1.807, 2.05) is 24.3 Å². The highest BCUT2D eigenvalue weighted by Crippen LogP contribution is 2.12. The van der Waals surface area contributed by atoms with Crippen molar-refractivity contribution in [2.75, 3.05) is 12.0 Å². The van der Waals surface area contributed by atoms with E-state index in [9.17, 15) is 0 Å². The Bertz CT molecular complexity index is 597. The molecule has 0 aliphatic carbocycles. The molecule has 0 atom stereocenters. The van der Waals surface area contributed by atoms with Crippen LogP contribution < -0.4 is 10.2 Å². The predicted octanol–water partition coefficient (Wildman–Crippen LogP) is 4.00. The van der Waals surface area contributed by atoms with Crippen LogP contribution in [-0.4, -0.2) is 23.0 Å². The molecule has 0 amide bonds. The Labute approximate surface area is 135 Å². The minimum absolute atomic E-state index is 0.350. The van der Waals surface area contributed by atoms with E-state index in [2.05, 4.69) is 34.6 Å². The maximum Gasteiger partial charge on any atom is 0.168 e. The van der Waals surface area contributed by atoms with Crippen molar-refractivity contribution >= 4 is 23.6 Å². The summed E-state index contributed by atoms with van der Waals surface area (Å²) in [5.74, 6) is 2.05. The fraction of sp³-hybridized carbons (Fsp3) is 0.312. The van der Waals surface area contributed by atoms with E-state index in [1.165, 1.54) is 0 Å². The summed E-state index contributed by atoms with van der Waals surface area (Å²) in [5.41, 5.74) is 3.75. The third-order valence-corrected chi connectivity index (χ3v) is 3.07. The molecular weight excluding hydrogens is 300 g/mol. The molecule has 1 heterocycles. The first-order valence-corrected chi connectivity index (χ1v) is 7.52. The average molecular weight is 319 g/mol. The molecule has 2 aromatic rings. The van der Waals surface area contributed by atoms with Crippen LogP contribution in [0.15, 0.2) is 41.5 Å². The zero-order valence-electron chi connectivity index (χ0n) is 12.7. The lowest BCUT2D eigenvalue weighted by molar-refractivity contribution is 0.289. The molecule has 2 rings (SSSR count). The van der Waals surface area contributed by atoms with Crippen LogP contribution >= 0.6 is 11.6 Å². The van der Waals surface area contributed by atoms with Crippen molar-refractivity contribution in [2.24, 2.45) is 11.0 Å². The second-order valence-corrected chi connectivity index (χ2v) is 5.60. The number of benzene rings is 1. The lowest BCUT2D eigenvalue weighted by atomic mass is 10.1. The number of ether oxygens (including phenoxy) is 1. The molecule has 0 fully saturated rings. The van der Waals surface area contributed by atoms with Gasteiger partial charge in [0.1, 0.15) is 5.75 Å². The summed E-state index contributed by atoms with van der Waals surface area (Å²) in [7, 11) is 0. The van der Waals surface area contributed by atoms with E-state index < -0.39 is 0 Å². The van der Waals surface area contributed by atoms with Crippen LogP contribution in [0.2, 0.25) is 5.15 Å². The molecular formula is C16H19ClN4O. The lowest BCUT2D eigenvalue weighted by Crippen LogP contribution is -2.01. The summed E-state index contributed by atoms with van der Waals surface area (Å²) >= 11 is 5.66. The SMILES string of the molecule is CC(C)CCOc1ccc(/C=N/Nc2ccc(Cl)nn2)cc1. The topological polar surface area (TPSA) is 59.4 Å². The van der Waals surface area contributed by atoms with E-state index in [0.717, 1.165) is 24.3 Å². The van der Waals surface area contributed by atoms with E-state index in [-0.39, 0.29) is 0 Å². The number of rotatable bonds is 7. The molecule has 0 saturated carbocycles. The van der Waals surface area contributed by atoms with Gasteiger partial charge in [0.25, 0.3) is 0 Å². The normalized spacial score (nSPS) is 11.1. The highest BCUT2D eigenvalue weighted by molar-refractivity contribution is 6.29. The minimum atomic E-state index is 0.350. The van der Waals surface area contributed by atoms with Gasteiger partial charge in [0.2, 0.25) is 0 Å². The molecule has 1 aromatic heterocycles. The number of hydrazone groups is 1. The first-order valence-electron chi connectivity index (χ1n) is 7.14. The number of hydrogen-bond donors (Lipinski definition) is 1. The molecule has 0 radical (unpaired) electrons. The summed E-state index contributed by atoms with van der Waals surface area (Å²) < 4.78 is 5.67. The van der Waals surface area contributed by atoms with Crippen molar-refractivity contribution in [1.29, 1.82) is 0 Å². The number of nitrogens with zero attached hydrogens (tertiary/aromatic N) is 3. The van der Waals surface area contributed by atoms with Crippen molar-refractivity contribution in [3.05, 3.63) is 47.1 Å². The smallest absolute Gasteiger partial charge is 0.168 e. The predicted molar refractivity (Wildman–Crippen MR) is 89.7 cm³/mol. The molecule has 116 valence electrons. The van der Waals surface area contributed by atoms with Gasteiger partial charge >= 0.3 is 0 Å². The number of aromatic nitrogens is 2. The molecule has 0 unspecified atom stereocenters. The lowest BCUT2D eigenvalue weighted by Gasteiger charge is -2.07. The number of nitrogens with one attached hydrogen (secondary N) is 1. The fourth-order valence-electron chi connectivity index (χ4n) is 1.61. The number of anilines is 1. The third-order valence-electron chi connectivity index (χ3n) is 2.87. The van der Waals surface area contributed by atoms with Gasteiger partial charge in [0.15, 0.2) is 11.0 Å². The first kappa shape index (κ1) is 16.2. The van der Waals surface area contributed by atoms with Gasteiger partial charge in [-0.3, -0.25) is 5.43 Å². The Kier molecular flexibility index (Phi) is 6.15. The molecule has 6 heteroatoms. The molecule has 0 aliphatic rings. The van der Waals surface area contributed by atoms with Crippen LogP contribution in [-0.2, 0) is 0 Å². The van der Waals surface area contributed by atoms with Crippen molar-refractivity contribution in [3.63, 3.8) is 0 Å². The van der Waals surface area contributed by atoms with Crippen LogP contribution in [0.3, 0.4) is 0 Å². The number of hydrogen-bond acceptors (Lipinski definition) is 5. The van der Waals surface area contributed by atoms with Gasteiger partial charge in [-0.05, 0) is 54.3 Å². The third kappa shape index (κ3) is 5.69. The second kappa shape index (κ2) is 8.34. The van der Waals surface area contributed by atoms with Gasteiger partial charge in [0.05, 0.1) is 12.8 Å². The Morgan fingerprint density at radius 1 is 1.18 bits per heavy atom. The van der Waals surface area contributed by atoms with Gasteiger partial charge in [-0.15, -0.1) is 10.2 Å². The van der Waals surface area contributed by atoms with Gasteiger partial charge in [0, 0.05) is 0 Å². The molecule has 0 aliphatic heterocycles. The van der Waals surface area contributed by atoms with E-state index >= 15 is 0 Å². The van der Waals surface area contributed by atoms with Crippen molar-refractivity contribution in [3.8, 4) is 5.75 Å². The zero-order valence-corrected chi connectivity index (χ0v) is 13.4. The molecule has 5 nitrogen and oxygen atoms in total. The van der Waals surface area contributed by atoms with Gasteiger partial charge < -0.3 is 4.74 Å². The zero-order chi connectivity index (χ0) is 15.8. The van der Waals surface area contributed by atoms with Gasteiger partial charge in [-0.25, -0.2) is 0 Å². The Hall–Kier alpha value is -2.14. The Morgan fingerprint density at radius 3 is 2.59 bits per heavy atom. The summed E-state index contributed by atoms with van der Waals surface area (Å²) in [4.78, 5) is 0. The summed E-state index contributed by atoms with van der Waals surface area (Å²) in [6.07, 6.45) is 2.75. The molecule has 0 bridgehead atoms. The van der Waals surface area contributed by atoms with E-state index in [4.69, 9.17) is 16.3 Å². The van der Waals surface area contributed by atoms with E-state index in [1.54, 1.807) is 18.3 Å². The highest BCUT2D eigenvalue weighted by Gasteiger charge is 1.97. The van der Waals surface area contributed by atoms with Crippen molar-refractivity contribution in [2.45, 2.75) is 20.3 Å². The minimum Gasteiger partial charge on any atom is -0.494 e. The van der Waals surface area contributed by atoms with Crippen LogP contribution in [0.25, 0.3) is 0 Å². The second-order valence-electron chi connectivity index (χ2n) is 5.21. The molecule has 0 saturated heterocycles. The van der Waals surface area contributed by atoms with Gasteiger partial charge in [-0.2, -0.15) is 5.10 Å². The first-order chi connectivity index (χ1) is 10.6. The van der Waals surface area contributed by atoms with Crippen LogP contribution in [0.4, 0.5) is 5.82 Å². The quantitative estimate of drug-likeness (QED) is 0.619. The standard InChI is InChI=1S/C16H19ClN4O/c1-12(2)9-10-22-14-5-3-13(4-6-14)11-18-20-16-8-7-15(17)19-21-16/h3-8,11-12H,9-10H2,1-2H3,(H,20,21)/b18-11+. The molecule has 22 heavy (non-hydrogen) atoms. The summed E-state index contributed by atoms with van der Waals surface area (Å²) in [6, 6.07) is 11.1. The van der Waals surface area contributed by atoms with Crippen LogP contribution in [0, 0.1) is 5.92 Å². The Balaban J connectivity index is 1.82. The summed E-state index contributed by atoms with van der Waals surface area (Å²) in [5, 5.41) is 12.0. The van der Waals surface area contributed by atoms with Crippen molar-refractivity contribution in [1.82, 2.24) is 10.2 Å². The highest BCUT2D eigenvalue weighted by atomic mass is 35.5. The Morgan fingerprint density at radius 2 is 1.95 bits per heavy atom. The maximum absolute atomic E-state index is 5.67. The van der Waals surface area contributed by atoms with Crippen LogP contribution in [0.5, 0.6) is 5.75 Å². The maximum atomic E-state index is 5.67. The van der Waals surface area contributed by atoms with E-state index in [0.29, 0.717) is 16.9 Å². The molecule has 1 aromatic carbocycles. The average Bonchev–Trinajstić information content (AvgIpc) is 2.50. The molecule has 0 spiro atoms. The largest absolute Gasteiger partial charge is 0.494 e. The van der Waals surface area contributed by atoms with Gasteiger partial charge in [-0.1, -0.05) is 25.4 Å². The number of halogens is 1. The fourth-order valence-corrected chi connectivity index (χ4v) is 1.71.